The van der Waals surface area contributed by atoms with E-state index < -0.39 is 23.3 Å². The monoisotopic (exact) mass is 363 g/mol. The zero-order chi connectivity index (χ0) is 18.6. The van der Waals surface area contributed by atoms with Crippen LogP contribution in [0.5, 0.6) is 0 Å². The number of carbonyl (C=O) groups is 2. The van der Waals surface area contributed by atoms with Crippen molar-refractivity contribution in [3.05, 3.63) is 39.8 Å². The van der Waals surface area contributed by atoms with E-state index in [-0.39, 0.29) is 5.56 Å². The molecule has 0 saturated heterocycles. The van der Waals surface area contributed by atoms with E-state index in [2.05, 4.69) is 10.3 Å². The molecular weight excluding hydrogens is 342 g/mol. The first kappa shape index (κ1) is 19.0. The lowest BCUT2D eigenvalue weighted by atomic mass is 10.1. The van der Waals surface area contributed by atoms with Gasteiger partial charge in [-0.05, 0) is 44.4 Å². The molecule has 0 aromatic carbocycles. The van der Waals surface area contributed by atoms with Gasteiger partial charge in [-0.25, -0.2) is 9.78 Å². The molecule has 2 N–H and O–H groups in total. The van der Waals surface area contributed by atoms with Crippen molar-refractivity contribution < 1.29 is 14.7 Å². The Labute approximate surface area is 149 Å². The lowest BCUT2D eigenvalue weighted by Gasteiger charge is -2.15. The van der Waals surface area contributed by atoms with Crippen LogP contribution in [0.2, 0.25) is 0 Å². The zero-order valence-corrected chi connectivity index (χ0v) is 15.2. The van der Waals surface area contributed by atoms with Gasteiger partial charge in [0.1, 0.15) is 17.3 Å². The first-order valence-corrected chi connectivity index (χ1v) is 9.31. The Hall–Kier alpha value is -2.35. The third-order valence-electron chi connectivity index (χ3n) is 3.86. The zero-order valence-electron chi connectivity index (χ0n) is 14.4. The SMILES string of the molecule is CCn1cc(C(=O)N[C@@H](CCSC)C(=O)O)c(=O)c2ccc(C)nc21. The summed E-state index contributed by atoms with van der Waals surface area (Å²) in [5.41, 5.74) is 0.768. The van der Waals surface area contributed by atoms with Crippen molar-refractivity contribution in [2.45, 2.75) is 32.9 Å². The lowest BCUT2D eigenvalue weighted by molar-refractivity contribution is -0.139. The summed E-state index contributed by atoms with van der Waals surface area (Å²) in [4.78, 5) is 40.8. The molecule has 0 spiro atoms. The number of carboxylic acid groups (broad SMARTS) is 1. The number of nitrogens with one attached hydrogen (secondary N) is 1. The van der Waals surface area contributed by atoms with Gasteiger partial charge in [-0.3, -0.25) is 9.59 Å². The third-order valence-corrected chi connectivity index (χ3v) is 4.50. The molecule has 134 valence electrons. The van der Waals surface area contributed by atoms with Crippen molar-refractivity contribution in [1.29, 1.82) is 0 Å². The van der Waals surface area contributed by atoms with Crippen molar-refractivity contribution in [2.75, 3.05) is 12.0 Å². The van der Waals surface area contributed by atoms with Gasteiger partial charge in [-0.15, -0.1) is 0 Å². The summed E-state index contributed by atoms with van der Waals surface area (Å²) in [7, 11) is 0. The minimum atomic E-state index is -1.11. The number of nitrogens with zero attached hydrogens (tertiary/aromatic N) is 2. The molecule has 0 saturated carbocycles. The summed E-state index contributed by atoms with van der Waals surface area (Å²) in [6.07, 6.45) is 3.59. The number of fused-ring (bicyclic) bond motifs is 1. The normalized spacial score (nSPS) is 12.1. The third kappa shape index (κ3) is 4.19. The number of hydrogen-bond donors (Lipinski definition) is 2. The van der Waals surface area contributed by atoms with Gasteiger partial charge in [-0.1, -0.05) is 0 Å². The fourth-order valence-electron chi connectivity index (χ4n) is 2.49. The van der Waals surface area contributed by atoms with Crippen LogP contribution in [-0.4, -0.2) is 44.6 Å². The number of carbonyl (C=O) groups excluding carboxylic acids is 1. The summed E-state index contributed by atoms with van der Waals surface area (Å²) in [6, 6.07) is 2.33. The minimum absolute atomic E-state index is 0.0737. The van der Waals surface area contributed by atoms with E-state index in [0.717, 1.165) is 5.69 Å². The van der Waals surface area contributed by atoms with E-state index in [4.69, 9.17) is 0 Å². The Morgan fingerprint density at radius 2 is 2.12 bits per heavy atom. The van der Waals surface area contributed by atoms with E-state index in [1.165, 1.54) is 18.0 Å². The molecule has 2 rings (SSSR count). The van der Waals surface area contributed by atoms with E-state index in [1.807, 2.05) is 20.1 Å². The first-order chi connectivity index (χ1) is 11.9. The van der Waals surface area contributed by atoms with E-state index in [9.17, 15) is 19.5 Å². The molecule has 2 heterocycles. The molecule has 0 unspecified atom stereocenters. The van der Waals surface area contributed by atoms with E-state index in [0.29, 0.717) is 29.8 Å². The quantitative estimate of drug-likeness (QED) is 0.776. The van der Waals surface area contributed by atoms with Gasteiger partial charge in [0.2, 0.25) is 5.43 Å². The molecule has 0 bridgehead atoms. The largest absolute Gasteiger partial charge is 0.480 e. The summed E-state index contributed by atoms with van der Waals surface area (Å²) in [5, 5.41) is 12.0. The Morgan fingerprint density at radius 3 is 2.72 bits per heavy atom. The predicted octanol–water partition coefficient (Wildman–Crippen LogP) is 1.66. The Bertz CT molecular complexity index is 863. The maximum atomic E-state index is 12.6. The van der Waals surface area contributed by atoms with E-state index in [1.54, 1.807) is 16.7 Å². The van der Waals surface area contributed by atoms with Crippen LogP contribution in [0.3, 0.4) is 0 Å². The maximum absolute atomic E-state index is 12.6. The van der Waals surface area contributed by atoms with Crippen LogP contribution in [-0.2, 0) is 11.3 Å². The second kappa shape index (κ2) is 8.15. The van der Waals surface area contributed by atoms with Crippen molar-refractivity contribution >= 4 is 34.7 Å². The standard InChI is InChI=1S/C17H21N3O4S/c1-4-20-9-12(14(21)11-6-5-10(2)18-15(11)20)16(22)19-13(17(23)24)7-8-25-3/h5-6,9,13H,4,7-8H2,1-3H3,(H,19,22)(H,23,24)/t13-/m0/s1. The molecule has 8 heteroatoms. The van der Waals surface area contributed by atoms with Gasteiger partial charge in [0, 0.05) is 18.4 Å². The van der Waals surface area contributed by atoms with Crippen LogP contribution in [0, 0.1) is 6.92 Å². The van der Waals surface area contributed by atoms with Gasteiger partial charge >= 0.3 is 5.97 Å². The number of pyridine rings is 2. The molecule has 0 aliphatic rings. The number of thioether (sulfide) groups is 1. The van der Waals surface area contributed by atoms with Crippen molar-refractivity contribution in [2.24, 2.45) is 0 Å². The second-order valence-electron chi connectivity index (χ2n) is 5.63. The fraction of sp³-hybridized carbons (Fsp3) is 0.412. The minimum Gasteiger partial charge on any atom is -0.480 e. The molecule has 0 aliphatic carbocycles. The first-order valence-electron chi connectivity index (χ1n) is 7.92. The lowest BCUT2D eigenvalue weighted by Crippen LogP contribution is -2.42. The average molecular weight is 363 g/mol. The highest BCUT2D eigenvalue weighted by Gasteiger charge is 2.23. The van der Waals surface area contributed by atoms with Crippen molar-refractivity contribution in [3.8, 4) is 0 Å². The van der Waals surface area contributed by atoms with Crippen LogP contribution in [0.25, 0.3) is 11.0 Å². The molecule has 0 fully saturated rings. The number of aliphatic carboxylic acids is 1. The number of aromatic nitrogens is 2. The highest BCUT2D eigenvalue weighted by Crippen LogP contribution is 2.11. The van der Waals surface area contributed by atoms with E-state index >= 15 is 0 Å². The molecule has 25 heavy (non-hydrogen) atoms. The van der Waals surface area contributed by atoms with Gasteiger partial charge in [-0.2, -0.15) is 11.8 Å². The highest BCUT2D eigenvalue weighted by molar-refractivity contribution is 7.98. The molecule has 2 aromatic rings. The highest BCUT2D eigenvalue weighted by atomic mass is 32.2. The molecule has 1 amide bonds. The van der Waals surface area contributed by atoms with Crippen molar-refractivity contribution in [1.82, 2.24) is 14.9 Å². The second-order valence-corrected chi connectivity index (χ2v) is 6.61. The van der Waals surface area contributed by atoms with Crippen LogP contribution in [0.4, 0.5) is 0 Å². The molecule has 7 nitrogen and oxygen atoms in total. The Morgan fingerprint density at radius 1 is 1.40 bits per heavy atom. The summed E-state index contributed by atoms with van der Waals surface area (Å²) in [6.45, 7) is 4.24. The molecule has 2 aromatic heterocycles. The van der Waals surface area contributed by atoms with Gasteiger partial charge in [0.15, 0.2) is 0 Å². The predicted molar refractivity (Wildman–Crippen MR) is 98.3 cm³/mol. The molecule has 0 aliphatic heterocycles. The summed E-state index contributed by atoms with van der Waals surface area (Å²) in [5.74, 6) is -1.20. The topological polar surface area (TPSA) is 101 Å². The fourth-order valence-corrected chi connectivity index (χ4v) is 2.96. The Kier molecular flexibility index (Phi) is 6.19. The van der Waals surface area contributed by atoms with Gasteiger partial charge < -0.3 is 15.0 Å². The number of amides is 1. The van der Waals surface area contributed by atoms with Gasteiger partial charge in [0.05, 0.1) is 5.39 Å². The number of carboxylic acids is 1. The van der Waals surface area contributed by atoms with Crippen LogP contribution < -0.4 is 10.7 Å². The van der Waals surface area contributed by atoms with Crippen molar-refractivity contribution in [3.63, 3.8) is 0 Å². The molecule has 1 atom stereocenters. The number of hydrogen-bond acceptors (Lipinski definition) is 5. The van der Waals surface area contributed by atoms with Crippen LogP contribution in [0.15, 0.2) is 23.1 Å². The smallest absolute Gasteiger partial charge is 0.326 e. The summed E-state index contributed by atoms with van der Waals surface area (Å²) < 4.78 is 1.72. The average Bonchev–Trinajstić information content (AvgIpc) is 2.58. The summed E-state index contributed by atoms with van der Waals surface area (Å²) >= 11 is 1.49. The number of aryl methyl sites for hydroxylation is 2. The molecule has 0 radical (unpaired) electrons. The van der Waals surface area contributed by atoms with Crippen LogP contribution in [0.1, 0.15) is 29.4 Å². The van der Waals surface area contributed by atoms with Gasteiger partial charge in [0.25, 0.3) is 5.91 Å². The maximum Gasteiger partial charge on any atom is 0.326 e. The van der Waals surface area contributed by atoms with Crippen LogP contribution >= 0.6 is 11.8 Å². The number of rotatable bonds is 7. The molecular formula is C17H21N3O4S. The Balaban J connectivity index is 2.44.